The molecule has 2 amide bonds. The topological polar surface area (TPSA) is 67.9 Å². The standard InChI is InChI=1S/C22H28N2O4S/c1-14-5-8-19-16(9-14)11-20(29-19)22(26)23-12-15-6-7-17(18(10-15)27-4)28-13-21(25)24(2)3/h6-7,10-11,14H,5,8-9,12-13H2,1-4H3,(H,23,26). The predicted molar refractivity (Wildman–Crippen MR) is 114 cm³/mol. The van der Waals surface area contributed by atoms with Crippen LogP contribution in [-0.2, 0) is 24.2 Å². The molecule has 0 saturated carbocycles. The highest BCUT2D eigenvalue weighted by Gasteiger charge is 2.20. The van der Waals surface area contributed by atoms with Gasteiger partial charge in [-0.2, -0.15) is 0 Å². The number of fused-ring (bicyclic) bond motifs is 1. The van der Waals surface area contributed by atoms with Crippen LogP contribution in [0.3, 0.4) is 0 Å². The number of nitrogens with one attached hydrogen (secondary N) is 1. The highest BCUT2D eigenvalue weighted by Crippen LogP contribution is 2.32. The van der Waals surface area contributed by atoms with E-state index >= 15 is 0 Å². The van der Waals surface area contributed by atoms with Gasteiger partial charge in [0.25, 0.3) is 11.8 Å². The first-order valence-corrected chi connectivity index (χ1v) is 10.6. The first kappa shape index (κ1) is 21.2. The summed E-state index contributed by atoms with van der Waals surface area (Å²) in [6, 6.07) is 7.48. The van der Waals surface area contributed by atoms with E-state index < -0.39 is 0 Å². The maximum Gasteiger partial charge on any atom is 0.261 e. The van der Waals surface area contributed by atoms with Crippen LogP contribution in [0.4, 0.5) is 0 Å². The van der Waals surface area contributed by atoms with Crippen molar-refractivity contribution in [2.45, 2.75) is 32.7 Å². The molecular formula is C22H28N2O4S. The van der Waals surface area contributed by atoms with Gasteiger partial charge in [-0.25, -0.2) is 0 Å². The molecule has 1 aromatic heterocycles. The Bertz CT molecular complexity index is 891. The quantitative estimate of drug-likeness (QED) is 0.752. The van der Waals surface area contributed by atoms with Crippen LogP contribution in [0.15, 0.2) is 24.3 Å². The summed E-state index contributed by atoms with van der Waals surface area (Å²) in [7, 11) is 4.91. The lowest BCUT2D eigenvalue weighted by molar-refractivity contribution is -0.130. The molecule has 1 aliphatic rings. The number of nitrogens with zero attached hydrogens (tertiary/aromatic N) is 1. The van der Waals surface area contributed by atoms with E-state index in [9.17, 15) is 9.59 Å². The van der Waals surface area contributed by atoms with Gasteiger partial charge in [-0.1, -0.05) is 13.0 Å². The number of likely N-dealkylation sites (N-methyl/N-ethyl adjacent to an activating group) is 1. The molecule has 1 aromatic carbocycles. The van der Waals surface area contributed by atoms with Gasteiger partial charge in [0.05, 0.1) is 12.0 Å². The molecule has 1 atom stereocenters. The highest BCUT2D eigenvalue weighted by atomic mass is 32.1. The summed E-state index contributed by atoms with van der Waals surface area (Å²) in [5.41, 5.74) is 2.23. The molecule has 2 aromatic rings. The van der Waals surface area contributed by atoms with E-state index in [0.29, 0.717) is 24.0 Å². The van der Waals surface area contributed by atoms with Gasteiger partial charge in [-0.05, 0) is 54.5 Å². The van der Waals surface area contributed by atoms with Crippen molar-refractivity contribution in [1.82, 2.24) is 10.2 Å². The van der Waals surface area contributed by atoms with E-state index in [1.165, 1.54) is 21.8 Å². The minimum atomic E-state index is -0.128. The average Bonchev–Trinajstić information content (AvgIpc) is 3.13. The number of rotatable bonds is 7. The zero-order valence-electron chi connectivity index (χ0n) is 17.4. The number of carbonyl (C=O) groups is 2. The Labute approximate surface area is 175 Å². The Balaban J connectivity index is 1.60. The van der Waals surface area contributed by atoms with Crippen molar-refractivity contribution in [3.05, 3.63) is 45.1 Å². The largest absolute Gasteiger partial charge is 0.493 e. The van der Waals surface area contributed by atoms with Crippen molar-refractivity contribution in [1.29, 1.82) is 0 Å². The maximum atomic E-state index is 12.6. The Hall–Kier alpha value is -2.54. The molecule has 1 heterocycles. The molecule has 1 aliphatic carbocycles. The summed E-state index contributed by atoms with van der Waals surface area (Å²) < 4.78 is 10.9. The van der Waals surface area contributed by atoms with Gasteiger partial charge in [-0.3, -0.25) is 9.59 Å². The second-order valence-electron chi connectivity index (χ2n) is 7.65. The first-order chi connectivity index (χ1) is 13.9. The summed E-state index contributed by atoms with van der Waals surface area (Å²) in [6.07, 6.45) is 3.33. The monoisotopic (exact) mass is 416 g/mol. The molecule has 7 heteroatoms. The smallest absolute Gasteiger partial charge is 0.261 e. The summed E-state index contributed by atoms with van der Waals surface area (Å²) in [5, 5.41) is 2.99. The van der Waals surface area contributed by atoms with Gasteiger partial charge < -0.3 is 19.7 Å². The number of ether oxygens (including phenoxy) is 2. The van der Waals surface area contributed by atoms with Crippen LogP contribution in [0, 0.1) is 5.92 Å². The van der Waals surface area contributed by atoms with Gasteiger partial charge in [0.15, 0.2) is 18.1 Å². The fourth-order valence-corrected chi connectivity index (χ4v) is 4.42. The normalized spacial score (nSPS) is 15.4. The van der Waals surface area contributed by atoms with Gasteiger partial charge >= 0.3 is 0 Å². The van der Waals surface area contributed by atoms with E-state index in [2.05, 4.69) is 12.2 Å². The fourth-order valence-electron chi connectivity index (χ4n) is 3.30. The molecule has 3 rings (SSSR count). The van der Waals surface area contributed by atoms with E-state index in [1.807, 2.05) is 18.2 Å². The molecule has 0 aliphatic heterocycles. The minimum absolute atomic E-state index is 0.0482. The van der Waals surface area contributed by atoms with Crippen molar-refractivity contribution in [2.75, 3.05) is 27.8 Å². The van der Waals surface area contributed by atoms with Crippen molar-refractivity contribution >= 4 is 23.2 Å². The molecule has 0 radical (unpaired) electrons. The molecule has 1 unspecified atom stereocenters. The van der Waals surface area contributed by atoms with E-state index in [-0.39, 0.29) is 18.4 Å². The van der Waals surface area contributed by atoms with E-state index in [1.54, 1.807) is 38.6 Å². The zero-order valence-corrected chi connectivity index (χ0v) is 18.2. The third-order valence-corrected chi connectivity index (χ3v) is 6.32. The minimum Gasteiger partial charge on any atom is -0.493 e. The molecule has 0 saturated heterocycles. The molecular weight excluding hydrogens is 388 g/mol. The lowest BCUT2D eigenvalue weighted by atomic mass is 9.90. The van der Waals surface area contributed by atoms with Gasteiger partial charge in [0.2, 0.25) is 0 Å². The molecule has 1 N–H and O–H groups in total. The fraction of sp³-hybridized carbons (Fsp3) is 0.455. The van der Waals surface area contributed by atoms with Crippen molar-refractivity contribution in [3.63, 3.8) is 0 Å². The van der Waals surface area contributed by atoms with E-state index in [4.69, 9.17) is 9.47 Å². The number of hydrogen-bond acceptors (Lipinski definition) is 5. The SMILES string of the molecule is COc1cc(CNC(=O)c2cc3c(s2)CCC(C)C3)ccc1OCC(=O)N(C)C. The number of aryl methyl sites for hydroxylation is 1. The Kier molecular flexibility index (Phi) is 6.79. The lowest BCUT2D eigenvalue weighted by Crippen LogP contribution is -2.27. The number of hydrogen-bond donors (Lipinski definition) is 1. The van der Waals surface area contributed by atoms with Gasteiger partial charge in [0.1, 0.15) is 0 Å². The number of benzene rings is 1. The molecule has 156 valence electrons. The maximum absolute atomic E-state index is 12.6. The second-order valence-corrected chi connectivity index (χ2v) is 8.79. The Morgan fingerprint density at radius 1 is 1.24 bits per heavy atom. The molecule has 0 spiro atoms. The Morgan fingerprint density at radius 3 is 2.76 bits per heavy atom. The number of amides is 2. The van der Waals surface area contributed by atoms with E-state index in [0.717, 1.165) is 23.3 Å². The highest BCUT2D eigenvalue weighted by molar-refractivity contribution is 7.14. The average molecular weight is 417 g/mol. The molecule has 29 heavy (non-hydrogen) atoms. The molecule has 6 nitrogen and oxygen atoms in total. The first-order valence-electron chi connectivity index (χ1n) is 9.77. The van der Waals surface area contributed by atoms with Crippen LogP contribution in [-0.4, -0.2) is 44.5 Å². The lowest BCUT2D eigenvalue weighted by Gasteiger charge is -2.16. The summed E-state index contributed by atoms with van der Waals surface area (Å²) in [6.45, 7) is 2.60. The summed E-state index contributed by atoms with van der Waals surface area (Å²) in [4.78, 5) is 27.9. The molecule has 0 fully saturated rings. The van der Waals surface area contributed by atoms with Crippen LogP contribution >= 0.6 is 11.3 Å². The predicted octanol–water partition coefficient (Wildman–Crippen LogP) is 3.28. The van der Waals surface area contributed by atoms with Crippen molar-refractivity contribution in [2.24, 2.45) is 5.92 Å². The van der Waals surface area contributed by atoms with Crippen LogP contribution in [0.1, 0.15) is 39.0 Å². The number of carbonyl (C=O) groups excluding carboxylic acids is 2. The number of thiophene rings is 1. The van der Waals surface area contributed by atoms with Crippen molar-refractivity contribution < 1.29 is 19.1 Å². The van der Waals surface area contributed by atoms with Crippen LogP contribution in [0.2, 0.25) is 0 Å². The van der Waals surface area contributed by atoms with Crippen LogP contribution < -0.4 is 14.8 Å². The number of methoxy groups -OCH3 is 1. The van der Waals surface area contributed by atoms with Crippen LogP contribution in [0.25, 0.3) is 0 Å². The Morgan fingerprint density at radius 2 is 2.03 bits per heavy atom. The van der Waals surface area contributed by atoms with Crippen molar-refractivity contribution in [3.8, 4) is 11.5 Å². The second kappa shape index (κ2) is 9.31. The third-order valence-electron chi connectivity index (χ3n) is 5.08. The van der Waals surface area contributed by atoms with Crippen LogP contribution in [0.5, 0.6) is 11.5 Å². The van der Waals surface area contributed by atoms with Gasteiger partial charge in [0, 0.05) is 25.5 Å². The zero-order chi connectivity index (χ0) is 21.0. The summed E-state index contributed by atoms with van der Waals surface area (Å²) >= 11 is 1.61. The molecule has 0 bridgehead atoms. The third kappa shape index (κ3) is 5.29. The summed E-state index contributed by atoms with van der Waals surface area (Å²) in [5.74, 6) is 1.54. The van der Waals surface area contributed by atoms with Gasteiger partial charge in [-0.15, -0.1) is 11.3 Å².